The van der Waals surface area contributed by atoms with Crippen molar-refractivity contribution in [3.63, 3.8) is 0 Å². The highest BCUT2D eigenvalue weighted by atomic mass is 127. The second kappa shape index (κ2) is 14.7. The minimum Gasteiger partial charge on any atom is -1.00 e. The summed E-state index contributed by atoms with van der Waals surface area (Å²) in [6.45, 7) is 5.28. The number of unbranched alkanes of at least 4 members (excludes halogenated alkanes) is 6. The minimum atomic E-state index is 0. The molecule has 2 nitrogen and oxygen atoms in total. The summed E-state index contributed by atoms with van der Waals surface area (Å²) in [5.41, 5.74) is 2.16. The molecule has 19 heavy (non-hydrogen) atoms. The van der Waals surface area contributed by atoms with Crippen LogP contribution in [0.15, 0.2) is 17.1 Å². The lowest BCUT2D eigenvalue weighted by Crippen LogP contribution is -3.00. The van der Waals surface area contributed by atoms with Gasteiger partial charge in [0.05, 0.1) is 5.38 Å². The molecule has 0 atom stereocenters. The first-order valence-corrected chi connectivity index (χ1v) is 8.36. The van der Waals surface area contributed by atoms with Crippen molar-refractivity contribution in [3.8, 4) is 0 Å². The van der Waals surface area contributed by atoms with Crippen LogP contribution in [0.3, 0.4) is 0 Å². The molecule has 0 radical (unpaired) electrons. The van der Waals surface area contributed by atoms with Crippen LogP contribution in [0.2, 0.25) is 0 Å². The largest absolute Gasteiger partial charge is 1.00 e. The van der Waals surface area contributed by atoms with Crippen molar-refractivity contribution in [2.75, 3.05) is 13.2 Å². The summed E-state index contributed by atoms with van der Waals surface area (Å²) in [6.07, 6.45) is 12.6. The predicted molar refractivity (Wildman–Crippen MR) is 77.9 cm³/mol. The van der Waals surface area contributed by atoms with Gasteiger partial charge in [0.15, 0.2) is 6.20 Å². The minimum absolute atomic E-state index is 0. The number of rotatable bonds is 12. The SMILES string of the molecule is CCCCCCCCOCCCC[n+]1ccsc1.[I-]. The van der Waals surface area contributed by atoms with E-state index in [-0.39, 0.29) is 24.0 Å². The van der Waals surface area contributed by atoms with Crippen LogP contribution in [0.1, 0.15) is 58.3 Å². The average Bonchev–Trinajstić information content (AvgIpc) is 2.89. The number of hydrogen-bond acceptors (Lipinski definition) is 2. The first-order valence-electron chi connectivity index (χ1n) is 7.42. The Morgan fingerprint density at radius 2 is 1.63 bits per heavy atom. The Kier molecular flexibility index (Phi) is 15.0. The molecule has 4 heteroatoms. The molecule has 0 N–H and O–H groups in total. The number of ether oxygens (including phenoxy) is 1. The van der Waals surface area contributed by atoms with Crippen LogP contribution in [-0.4, -0.2) is 13.2 Å². The Balaban J connectivity index is 0.00000324. The maximum absolute atomic E-state index is 5.65. The Hall–Kier alpha value is 0.320. The van der Waals surface area contributed by atoms with Crippen molar-refractivity contribution >= 4 is 11.3 Å². The first kappa shape index (κ1) is 19.3. The van der Waals surface area contributed by atoms with Gasteiger partial charge < -0.3 is 28.7 Å². The van der Waals surface area contributed by atoms with E-state index in [0.717, 1.165) is 19.8 Å². The molecule has 1 aromatic rings. The fourth-order valence-corrected chi connectivity index (χ4v) is 2.60. The van der Waals surface area contributed by atoms with Gasteiger partial charge in [0.25, 0.3) is 0 Å². The molecule has 0 amide bonds. The van der Waals surface area contributed by atoms with Gasteiger partial charge in [0, 0.05) is 19.6 Å². The van der Waals surface area contributed by atoms with Crippen molar-refractivity contribution in [1.29, 1.82) is 0 Å². The molecular formula is C15H28INOS. The molecule has 0 aromatic carbocycles. The lowest BCUT2D eigenvalue weighted by molar-refractivity contribution is -0.692. The number of halogens is 1. The van der Waals surface area contributed by atoms with Crippen LogP contribution in [0, 0.1) is 0 Å². The van der Waals surface area contributed by atoms with Gasteiger partial charge in [-0.25, -0.2) is 0 Å². The van der Waals surface area contributed by atoms with Gasteiger partial charge in [-0.2, -0.15) is 4.57 Å². The van der Waals surface area contributed by atoms with Crippen molar-refractivity contribution in [3.05, 3.63) is 17.1 Å². The zero-order valence-electron chi connectivity index (χ0n) is 12.2. The van der Waals surface area contributed by atoms with Crippen LogP contribution in [0.5, 0.6) is 0 Å². The smallest absolute Gasteiger partial charge is 0.224 e. The molecular weight excluding hydrogens is 369 g/mol. The summed E-state index contributed by atoms with van der Waals surface area (Å²) in [4.78, 5) is 0. The summed E-state index contributed by atoms with van der Waals surface area (Å²) in [5, 5.41) is 2.12. The van der Waals surface area contributed by atoms with Crippen LogP contribution < -0.4 is 28.5 Å². The quantitative estimate of drug-likeness (QED) is 0.294. The lowest BCUT2D eigenvalue weighted by Gasteiger charge is -2.03. The molecule has 1 rings (SSSR count). The Morgan fingerprint density at radius 1 is 0.947 bits per heavy atom. The van der Waals surface area contributed by atoms with E-state index in [0.29, 0.717) is 0 Å². The maximum atomic E-state index is 5.65. The fraction of sp³-hybridized carbons (Fsp3) is 0.800. The van der Waals surface area contributed by atoms with Gasteiger partial charge in [-0.05, 0) is 12.8 Å². The van der Waals surface area contributed by atoms with Crippen molar-refractivity contribution in [2.45, 2.75) is 64.8 Å². The van der Waals surface area contributed by atoms with E-state index in [9.17, 15) is 0 Å². The summed E-state index contributed by atoms with van der Waals surface area (Å²) in [5.74, 6) is 0. The van der Waals surface area contributed by atoms with E-state index < -0.39 is 0 Å². The van der Waals surface area contributed by atoms with Crippen LogP contribution in [0.25, 0.3) is 0 Å². The molecule has 0 aliphatic carbocycles. The highest BCUT2D eigenvalue weighted by Gasteiger charge is 1.99. The summed E-state index contributed by atoms with van der Waals surface area (Å²) < 4.78 is 7.90. The Bertz CT molecular complexity index is 267. The molecule has 1 aromatic heterocycles. The van der Waals surface area contributed by atoms with Crippen molar-refractivity contribution in [2.24, 2.45) is 0 Å². The molecule has 0 aliphatic rings. The molecule has 1 heterocycles. The standard InChI is InChI=1S/C15H28NOS.HI/c1-2-3-4-5-6-8-12-17-13-9-7-10-16-11-14-18-15-16;/h11,14-15H,2-10,12-13H2,1H3;1H/q+1;/p-1. The lowest BCUT2D eigenvalue weighted by atomic mass is 10.1. The molecule has 0 unspecified atom stereocenters. The van der Waals surface area contributed by atoms with Crippen molar-refractivity contribution < 1.29 is 33.3 Å². The molecule has 0 fully saturated rings. The van der Waals surface area contributed by atoms with Gasteiger partial charge in [0.1, 0.15) is 6.54 Å². The van der Waals surface area contributed by atoms with Crippen molar-refractivity contribution in [1.82, 2.24) is 0 Å². The summed E-state index contributed by atoms with van der Waals surface area (Å²) in [6, 6.07) is 0. The first-order chi connectivity index (χ1) is 8.93. The van der Waals surface area contributed by atoms with Gasteiger partial charge in [-0.1, -0.05) is 50.4 Å². The molecule has 0 aliphatic heterocycles. The zero-order chi connectivity index (χ0) is 12.9. The Labute approximate surface area is 139 Å². The van der Waals surface area contributed by atoms with E-state index >= 15 is 0 Å². The van der Waals surface area contributed by atoms with Gasteiger partial charge in [-0.3, -0.25) is 0 Å². The third-order valence-electron chi connectivity index (χ3n) is 3.12. The number of nitrogens with zero attached hydrogens (tertiary/aromatic N) is 1. The van der Waals surface area contributed by atoms with E-state index in [1.807, 2.05) is 0 Å². The number of hydrogen-bond donors (Lipinski definition) is 0. The summed E-state index contributed by atoms with van der Waals surface area (Å²) >= 11 is 1.75. The average molecular weight is 397 g/mol. The number of thiazole rings is 1. The zero-order valence-corrected chi connectivity index (χ0v) is 15.1. The molecule has 0 bridgehead atoms. The van der Waals surface area contributed by atoms with Gasteiger partial charge >= 0.3 is 0 Å². The number of aromatic nitrogens is 1. The predicted octanol–water partition coefficient (Wildman–Crippen LogP) is 1.20. The van der Waals surface area contributed by atoms with Crippen LogP contribution in [-0.2, 0) is 11.3 Å². The molecule has 0 saturated heterocycles. The molecule has 0 saturated carbocycles. The third-order valence-corrected chi connectivity index (χ3v) is 3.80. The number of aryl methyl sites for hydroxylation is 1. The van der Waals surface area contributed by atoms with Crippen LogP contribution >= 0.6 is 11.3 Å². The fourth-order valence-electron chi connectivity index (χ4n) is 1.97. The van der Waals surface area contributed by atoms with Gasteiger partial charge in [-0.15, -0.1) is 0 Å². The maximum Gasteiger partial charge on any atom is 0.224 e. The highest BCUT2D eigenvalue weighted by Crippen LogP contribution is 2.05. The molecule has 0 spiro atoms. The second-order valence-corrected chi connectivity index (χ2v) is 5.61. The van der Waals surface area contributed by atoms with Gasteiger partial charge in [0.2, 0.25) is 5.51 Å². The van der Waals surface area contributed by atoms with E-state index in [4.69, 9.17) is 4.74 Å². The van der Waals surface area contributed by atoms with E-state index in [2.05, 4.69) is 28.6 Å². The van der Waals surface area contributed by atoms with Crippen LogP contribution in [0.4, 0.5) is 0 Å². The third kappa shape index (κ3) is 11.8. The normalized spacial score (nSPS) is 10.4. The molecule has 112 valence electrons. The summed E-state index contributed by atoms with van der Waals surface area (Å²) in [7, 11) is 0. The van der Waals surface area contributed by atoms with E-state index in [1.165, 1.54) is 51.4 Å². The topological polar surface area (TPSA) is 13.1 Å². The monoisotopic (exact) mass is 397 g/mol. The highest BCUT2D eigenvalue weighted by molar-refractivity contribution is 7.07. The Morgan fingerprint density at radius 3 is 2.32 bits per heavy atom. The second-order valence-electron chi connectivity index (χ2n) is 4.85. The van der Waals surface area contributed by atoms with E-state index in [1.54, 1.807) is 11.3 Å².